The van der Waals surface area contributed by atoms with E-state index in [-0.39, 0.29) is 18.2 Å². The summed E-state index contributed by atoms with van der Waals surface area (Å²) >= 11 is 0. The molecule has 1 aliphatic rings. The van der Waals surface area contributed by atoms with Crippen LogP contribution < -0.4 is 10.1 Å². The van der Waals surface area contributed by atoms with Crippen LogP contribution in [-0.2, 0) is 4.74 Å². The van der Waals surface area contributed by atoms with Gasteiger partial charge in [0.25, 0.3) is 0 Å². The third kappa shape index (κ3) is 5.91. The van der Waals surface area contributed by atoms with Gasteiger partial charge in [-0.3, -0.25) is 4.98 Å². The standard InChI is InChI=1S/C20H26N4O3/c1-20(2,3)27-19(25)23-15-6-8-16(9-7-15)26-18-22-12-10-17(24-18)14-5-4-11-21-13-14/h4-5,10-13,15-16H,6-9H2,1-3H3,(H,23,25)/t15-,16-. The number of hydrogen-bond acceptors (Lipinski definition) is 6. The maximum absolute atomic E-state index is 11.9. The molecular formula is C20H26N4O3. The molecule has 1 aliphatic carbocycles. The van der Waals surface area contributed by atoms with Crippen molar-refractivity contribution in [3.8, 4) is 17.3 Å². The lowest BCUT2D eigenvalue weighted by atomic mass is 9.93. The lowest BCUT2D eigenvalue weighted by Crippen LogP contribution is -2.42. The number of nitrogens with zero attached hydrogens (tertiary/aromatic N) is 3. The van der Waals surface area contributed by atoms with Gasteiger partial charge in [-0.2, -0.15) is 4.98 Å². The molecule has 0 aromatic carbocycles. The molecule has 7 nitrogen and oxygen atoms in total. The number of amides is 1. The highest BCUT2D eigenvalue weighted by Crippen LogP contribution is 2.24. The fourth-order valence-electron chi connectivity index (χ4n) is 3.02. The summed E-state index contributed by atoms with van der Waals surface area (Å²) in [5.74, 6) is 0. The first-order valence-electron chi connectivity index (χ1n) is 9.29. The molecule has 0 bridgehead atoms. The first kappa shape index (κ1) is 19.1. The Hall–Kier alpha value is -2.70. The number of nitrogens with one attached hydrogen (secondary N) is 1. The fraction of sp³-hybridized carbons (Fsp3) is 0.500. The number of alkyl carbamates (subject to hydrolysis) is 1. The van der Waals surface area contributed by atoms with Crippen molar-refractivity contribution in [2.45, 2.75) is 64.2 Å². The van der Waals surface area contributed by atoms with Crippen LogP contribution in [0, 0.1) is 0 Å². The number of pyridine rings is 1. The number of rotatable bonds is 4. The Morgan fingerprint density at radius 2 is 1.93 bits per heavy atom. The van der Waals surface area contributed by atoms with Crippen LogP contribution in [0.25, 0.3) is 11.3 Å². The molecule has 1 fully saturated rings. The maximum atomic E-state index is 11.9. The Bertz CT molecular complexity index is 753. The normalized spacial score (nSPS) is 20.0. The lowest BCUT2D eigenvalue weighted by Gasteiger charge is -2.29. The zero-order chi connectivity index (χ0) is 19.3. The van der Waals surface area contributed by atoms with E-state index < -0.39 is 5.60 Å². The monoisotopic (exact) mass is 370 g/mol. The molecule has 0 unspecified atom stereocenters. The van der Waals surface area contributed by atoms with Gasteiger partial charge in [-0.15, -0.1) is 0 Å². The van der Waals surface area contributed by atoms with Gasteiger partial charge < -0.3 is 14.8 Å². The van der Waals surface area contributed by atoms with E-state index in [9.17, 15) is 4.79 Å². The lowest BCUT2D eigenvalue weighted by molar-refractivity contribution is 0.0467. The molecule has 0 spiro atoms. The van der Waals surface area contributed by atoms with Crippen LogP contribution in [0.3, 0.4) is 0 Å². The summed E-state index contributed by atoms with van der Waals surface area (Å²) in [6, 6.07) is 6.15. The van der Waals surface area contributed by atoms with E-state index in [4.69, 9.17) is 9.47 Å². The van der Waals surface area contributed by atoms with E-state index in [0.29, 0.717) is 6.01 Å². The molecule has 2 aromatic rings. The average Bonchev–Trinajstić information content (AvgIpc) is 2.63. The number of carbonyl (C=O) groups excluding carboxylic acids is 1. The molecule has 0 aliphatic heterocycles. The van der Waals surface area contributed by atoms with E-state index >= 15 is 0 Å². The predicted molar refractivity (Wildman–Crippen MR) is 101 cm³/mol. The van der Waals surface area contributed by atoms with E-state index in [1.54, 1.807) is 18.6 Å². The second kappa shape index (κ2) is 8.33. The molecule has 1 saturated carbocycles. The van der Waals surface area contributed by atoms with Crippen molar-refractivity contribution in [1.82, 2.24) is 20.3 Å². The largest absolute Gasteiger partial charge is 0.460 e. The summed E-state index contributed by atoms with van der Waals surface area (Å²) in [5.41, 5.74) is 1.23. The fourth-order valence-corrected chi connectivity index (χ4v) is 3.02. The van der Waals surface area contributed by atoms with Gasteiger partial charge in [-0.05, 0) is 64.7 Å². The molecule has 7 heteroatoms. The first-order chi connectivity index (χ1) is 12.9. The van der Waals surface area contributed by atoms with Gasteiger partial charge in [0.05, 0.1) is 5.69 Å². The molecule has 144 valence electrons. The molecule has 2 aromatic heterocycles. The van der Waals surface area contributed by atoms with Crippen LogP contribution in [0.15, 0.2) is 36.8 Å². The van der Waals surface area contributed by atoms with E-state index in [1.165, 1.54) is 0 Å². The number of carbonyl (C=O) groups is 1. The van der Waals surface area contributed by atoms with E-state index in [0.717, 1.165) is 36.9 Å². The molecule has 1 N–H and O–H groups in total. The Labute approximate surface area is 159 Å². The third-order valence-corrected chi connectivity index (χ3v) is 4.26. The molecule has 0 atom stereocenters. The van der Waals surface area contributed by atoms with Crippen molar-refractivity contribution in [3.63, 3.8) is 0 Å². The predicted octanol–water partition coefficient (Wildman–Crippen LogP) is 3.75. The summed E-state index contributed by atoms with van der Waals surface area (Å²) in [6.07, 6.45) is 8.22. The molecule has 27 heavy (non-hydrogen) atoms. The summed E-state index contributed by atoms with van der Waals surface area (Å²) in [5, 5.41) is 2.94. The zero-order valence-electron chi connectivity index (χ0n) is 16.0. The highest BCUT2D eigenvalue weighted by atomic mass is 16.6. The molecular weight excluding hydrogens is 344 g/mol. The minimum atomic E-state index is -0.485. The summed E-state index contributed by atoms with van der Waals surface area (Å²) in [7, 11) is 0. The molecule has 0 radical (unpaired) electrons. The highest BCUT2D eigenvalue weighted by Gasteiger charge is 2.26. The topological polar surface area (TPSA) is 86.2 Å². The Morgan fingerprint density at radius 3 is 2.59 bits per heavy atom. The minimum Gasteiger partial charge on any atom is -0.460 e. The molecule has 3 rings (SSSR count). The average molecular weight is 370 g/mol. The second-order valence-electron chi connectivity index (χ2n) is 7.70. The maximum Gasteiger partial charge on any atom is 0.407 e. The number of aromatic nitrogens is 3. The van der Waals surface area contributed by atoms with E-state index in [1.807, 2.05) is 39.0 Å². The Balaban J connectivity index is 1.50. The van der Waals surface area contributed by atoms with E-state index in [2.05, 4.69) is 20.3 Å². The summed E-state index contributed by atoms with van der Waals surface area (Å²) in [6.45, 7) is 5.57. The van der Waals surface area contributed by atoms with Crippen molar-refractivity contribution < 1.29 is 14.3 Å². The van der Waals surface area contributed by atoms with Crippen LogP contribution in [0.1, 0.15) is 46.5 Å². The van der Waals surface area contributed by atoms with Gasteiger partial charge in [0.2, 0.25) is 0 Å². The summed E-state index contributed by atoms with van der Waals surface area (Å²) in [4.78, 5) is 24.7. The Morgan fingerprint density at radius 1 is 1.15 bits per heavy atom. The molecule has 1 amide bonds. The SMILES string of the molecule is CC(C)(C)OC(=O)N[C@H]1CC[C@H](Oc2nccc(-c3cccnc3)n2)CC1. The quantitative estimate of drug-likeness (QED) is 0.882. The zero-order valence-corrected chi connectivity index (χ0v) is 16.0. The van der Waals surface area contributed by atoms with Crippen LogP contribution in [0.5, 0.6) is 6.01 Å². The van der Waals surface area contributed by atoms with Crippen LogP contribution in [0.4, 0.5) is 4.79 Å². The van der Waals surface area contributed by atoms with Crippen molar-refractivity contribution >= 4 is 6.09 Å². The van der Waals surface area contributed by atoms with Gasteiger partial charge in [0.15, 0.2) is 0 Å². The molecule has 0 saturated heterocycles. The van der Waals surface area contributed by atoms with Crippen molar-refractivity contribution in [2.75, 3.05) is 0 Å². The van der Waals surface area contributed by atoms with Gasteiger partial charge in [-0.1, -0.05) is 0 Å². The number of hydrogen-bond donors (Lipinski definition) is 1. The highest BCUT2D eigenvalue weighted by molar-refractivity contribution is 5.68. The van der Waals surface area contributed by atoms with Crippen molar-refractivity contribution in [2.24, 2.45) is 0 Å². The van der Waals surface area contributed by atoms with Crippen LogP contribution in [-0.4, -0.2) is 38.8 Å². The summed E-state index contributed by atoms with van der Waals surface area (Å²) < 4.78 is 11.3. The van der Waals surface area contributed by atoms with Crippen molar-refractivity contribution in [3.05, 3.63) is 36.8 Å². The number of ether oxygens (including phenoxy) is 2. The third-order valence-electron chi connectivity index (χ3n) is 4.26. The smallest absolute Gasteiger partial charge is 0.407 e. The second-order valence-corrected chi connectivity index (χ2v) is 7.70. The van der Waals surface area contributed by atoms with Crippen molar-refractivity contribution in [1.29, 1.82) is 0 Å². The van der Waals surface area contributed by atoms with Crippen LogP contribution in [0.2, 0.25) is 0 Å². The van der Waals surface area contributed by atoms with Gasteiger partial charge in [-0.25, -0.2) is 9.78 Å². The Kier molecular flexibility index (Phi) is 5.88. The first-order valence-corrected chi connectivity index (χ1v) is 9.29. The van der Waals surface area contributed by atoms with Gasteiger partial charge in [0.1, 0.15) is 11.7 Å². The van der Waals surface area contributed by atoms with Gasteiger partial charge in [0, 0.05) is 30.2 Å². The van der Waals surface area contributed by atoms with Crippen LogP contribution >= 0.6 is 0 Å². The van der Waals surface area contributed by atoms with Gasteiger partial charge >= 0.3 is 12.1 Å². The molecule has 2 heterocycles. The minimum absolute atomic E-state index is 0.0471.